The predicted octanol–water partition coefficient (Wildman–Crippen LogP) is 2.54. The molecule has 1 aliphatic carbocycles. The highest BCUT2D eigenvalue weighted by Gasteiger charge is 2.35. The Morgan fingerprint density at radius 1 is 1.32 bits per heavy atom. The third-order valence-electron chi connectivity index (χ3n) is 3.78. The summed E-state index contributed by atoms with van der Waals surface area (Å²) in [6, 6.07) is 0. The van der Waals surface area contributed by atoms with Gasteiger partial charge in [-0.15, -0.1) is 0 Å². The van der Waals surface area contributed by atoms with E-state index >= 15 is 0 Å². The molecular weight excluding hydrogens is 238 g/mol. The van der Waals surface area contributed by atoms with Gasteiger partial charge in [-0.2, -0.15) is 4.98 Å². The summed E-state index contributed by atoms with van der Waals surface area (Å²) in [5, 5.41) is 0. The Morgan fingerprint density at radius 2 is 1.95 bits per heavy atom. The molecule has 4 nitrogen and oxygen atoms in total. The third kappa shape index (κ3) is 2.89. The molecule has 19 heavy (non-hydrogen) atoms. The molecule has 1 saturated carbocycles. The molecule has 1 aromatic rings. The van der Waals surface area contributed by atoms with E-state index in [-0.39, 0.29) is 5.41 Å². The van der Waals surface area contributed by atoms with Crippen LogP contribution >= 0.6 is 0 Å². The van der Waals surface area contributed by atoms with Crippen LogP contribution in [0.5, 0.6) is 5.88 Å². The van der Waals surface area contributed by atoms with Crippen molar-refractivity contribution >= 4 is 0 Å². The highest BCUT2D eigenvalue weighted by molar-refractivity contribution is 5.36. The molecule has 1 atom stereocenters. The second-order valence-corrected chi connectivity index (χ2v) is 6.49. The van der Waals surface area contributed by atoms with Gasteiger partial charge in [0.25, 0.3) is 0 Å². The van der Waals surface area contributed by atoms with E-state index in [4.69, 9.17) is 10.5 Å². The van der Waals surface area contributed by atoms with Crippen molar-refractivity contribution in [2.75, 3.05) is 13.7 Å². The van der Waals surface area contributed by atoms with E-state index in [1.807, 2.05) is 6.92 Å². The van der Waals surface area contributed by atoms with Crippen LogP contribution in [0.25, 0.3) is 0 Å². The van der Waals surface area contributed by atoms with Gasteiger partial charge in [0.2, 0.25) is 5.88 Å². The van der Waals surface area contributed by atoms with Crippen LogP contribution < -0.4 is 10.5 Å². The Kier molecular flexibility index (Phi) is 3.81. The topological polar surface area (TPSA) is 61.0 Å². The lowest BCUT2D eigenvalue weighted by Crippen LogP contribution is -2.22. The van der Waals surface area contributed by atoms with E-state index in [1.165, 1.54) is 12.8 Å². The van der Waals surface area contributed by atoms with Gasteiger partial charge in [0, 0.05) is 22.6 Å². The summed E-state index contributed by atoms with van der Waals surface area (Å²) >= 11 is 0. The summed E-state index contributed by atoms with van der Waals surface area (Å²) in [5.74, 6) is 2.56. The van der Waals surface area contributed by atoms with Crippen molar-refractivity contribution in [1.29, 1.82) is 0 Å². The lowest BCUT2D eigenvalue weighted by Gasteiger charge is -2.23. The Morgan fingerprint density at radius 3 is 2.37 bits per heavy atom. The normalized spacial score (nSPS) is 17.4. The molecule has 0 aromatic carbocycles. The molecule has 106 valence electrons. The fourth-order valence-corrected chi connectivity index (χ4v) is 2.52. The van der Waals surface area contributed by atoms with E-state index in [1.54, 1.807) is 7.11 Å². The van der Waals surface area contributed by atoms with E-state index in [0.29, 0.717) is 24.3 Å². The number of hydrogen-bond donors (Lipinski definition) is 1. The van der Waals surface area contributed by atoms with Crippen LogP contribution in [0.3, 0.4) is 0 Å². The zero-order valence-corrected chi connectivity index (χ0v) is 12.7. The van der Waals surface area contributed by atoms with Crippen molar-refractivity contribution in [1.82, 2.24) is 9.97 Å². The van der Waals surface area contributed by atoms with Crippen LogP contribution in [0, 0.1) is 12.8 Å². The number of aromatic nitrogens is 2. The molecular formula is C15H25N3O. The van der Waals surface area contributed by atoms with Crippen molar-refractivity contribution in [2.45, 2.75) is 51.9 Å². The zero-order chi connectivity index (χ0) is 14.2. The number of ether oxygens (including phenoxy) is 1. The first-order valence-electron chi connectivity index (χ1n) is 7.01. The minimum Gasteiger partial charge on any atom is -0.481 e. The first kappa shape index (κ1) is 14.3. The molecule has 2 N–H and O–H groups in total. The van der Waals surface area contributed by atoms with E-state index in [9.17, 15) is 0 Å². The van der Waals surface area contributed by atoms with Crippen LogP contribution in [-0.2, 0) is 5.41 Å². The van der Waals surface area contributed by atoms with Gasteiger partial charge in [-0.1, -0.05) is 20.8 Å². The number of aryl methyl sites for hydroxylation is 1. The minimum atomic E-state index is -0.0750. The van der Waals surface area contributed by atoms with E-state index in [0.717, 1.165) is 17.1 Å². The van der Waals surface area contributed by atoms with Crippen molar-refractivity contribution in [3.63, 3.8) is 0 Å². The zero-order valence-electron chi connectivity index (χ0n) is 12.7. The van der Waals surface area contributed by atoms with Gasteiger partial charge < -0.3 is 10.5 Å². The molecule has 1 heterocycles. The quantitative estimate of drug-likeness (QED) is 0.907. The molecule has 2 rings (SSSR count). The fraction of sp³-hybridized carbons (Fsp3) is 0.733. The maximum atomic E-state index is 5.95. The summed E-state index contributed by atoms with van der Waals surface area (Å²) < 4.78 is 5.52. The molecule has 1 aliphatic rings. The van der Waals surface area contributed by atoms with E-state index in [2.05, 4.69) is 30.7 Å². The summed E-state index contributed by atoms with van der Waals surface area (Å²) in [4.78, 5) is 9.30. The highest BCUT2D eigenvalue weighted by Crippen LogP contribution is 2.45. The first-order chi connectivity index (χ1) is 8.88. The van der Waals surface area contributed by atoms with Gasteiger partial charge in [-0.05, 0) is 32.2 Å². The minimum absolute atomic E-state index is 0.0750. The van der Waals surface area contributed by atoms with Crippen LogP contribution in [0.1, 0.15) is 56.6 Å². The number of nitrogens with zero attached hydrogens (tertiary/aromatic N) is 2. The highest BCUT2D eigenvalue weighted by atomic mass is 16.5. The average molecular weight is 263 g/mol. The summed E-state index contributed by atoms with van der Waals surface area (Å²) in [6.07, 6.45) is 2.51. The smallest absolute Gasteiger partial charge is 0.220 e. The first-order valence-corrected chi connectivity index (χ1v) is 7.01. The van der Waals surface area contributed by atoms with E-state index < -0.39 is 0 Å². The summed E-state index contributed by atoms with van der Waals surface area (Å²) in [6.45, 7) is 9.02. The number of hydrogen-bond acceptors (Lipinski definition) is 4. The summed E-state index contributed by atoms with van der Waals surface area (Å²) in [7, 11) is 1.68. The number of methoxy groups -OCH3 is 1. The van der Waals surface area contributed by atoms with Gasteiger partial charge in [-0.25, -0.2) is 4.98 Å². The second-order valence-electron chi connectivity index (χ2n) is 6.49. The van der Waals surface area contributed by atoms with Crippen molar-refractivity contribution < 1.29 is 4.74 Å². The van der Waals surface area contributed by atoms with Gasteiger partial charge >= 0.3 is 0 Å². The largest absolute Gasteiger partial charge is 0.481 e. The molecule has 0 aliphatic heterocycles. The summed E-state index contributed by atoms with van der Waals surface area (Å²) in [5.41, 5.74) is 8.00. The Hall–Kier alpha value is -1.16. The van der Waals surface area contributed by atoms with Gasteiger partial charge in [0.05, 0.1) is 7.11 Å². The van der Waals surface area contributed by atoms with Crippen molar-refractivity contribution in [3.8, 4) is 5.88 Å². The molecule has 1 fully saturated rings. The number of rotatable bonds is 4. The van der Waals surface area contributed by atoms with Gasteiger partial charge in [0.15, 0.2) is 0 Å². The van der Waals surface area contributed by atoms with Crippen LogP contribution in [-0.4, -0.2) is 23.6 Å². The van der Waals surface area contributed by atoms with Crippen LogP contribution in [0.2, 0.25) is 0 Å². The predicted molar refractivity (Wildman–Crippen MR) is 76.5 cm³/mol. The second kappa shape index (κ2) is 5.08. The standard InChI is InChI=1S/C15H25N3O/c1-9-12(11(8-16)10-6-7-10)13(19-5)18-14(17-9)15(2,3)4/h10-11H,6-8,16H2,1-5H3. The molecule has 0 radical (unpaired) electrons. The average Bonchev–Trinajstić information content (AvgIpc) is 3.14. The van der Waals surface area contributed by atoms with Gasteiger partial charge in [-0.3, -0.25) is 0 Å². The molecule has 0 amide bonds. The Balaban J connectivity index is 2.48. The lowest BCUT2D eigenvalue weighted by molar-refractivity contribution is 0.375. The molecule has 0 saturated heterocycles. The van der Waals surface area contributed by atoms with Crippen molar-refractivity contribution in [2.24, 2.45) is 11.7 Å². The number of nitrogens with two attached hydrogens (primary N) is 1. The third-order valence-corrected chi connectivity index (χ3v) is 3.78. The van der Waals surface area contributed by atoms with Crippen LogP contribution in [0.15, 0.2) is 0 Å². The monoisotopic (exact) mass is 263 g/mol. The maximum Gasteiger partial charge on any atom is 0.220 e. The molecule has 1 unspecified atom stereocenters. The van der Waals surface area contributed by atoms with Gasteiger partial charge in [0.1, 0.15) is 5.82 Å². The maximum absolute atomic E-state index is 5.95. The molecule has 4 heteroatoms. The molecule has 0 bridgehead atoms. The fourth-order valence-electron chi connectivity index (χ4n) is 2.52. The Bertz CT molecular complexity index is 461. The lowest BCUT2D eigenvalue weighted by atomic mass is 9.91. The molecule has 1 aromatic heterocycles. The Labute approximate surface area is 115 Å². The molecule has 0 spiro atoms. The SMILES string of the molecule is COc1nc(C(C)(C)C)nc(C)c1C(CN)C1CC1. The van der Waals surface area contributed by atoms with Crippen LogP contribution in [0.4, 0.5) is 0 Å². The van der Waals surface area contributed by atoms with Crippen molar-refractivity contribution in [3.05, 3.63) is 17.1 Å².